The fourth-order valence-electron chi connectivity index (χ4n) is 4.12. The first-order chi connectivity index (χ1) is 10.3. The SMILES string of the molecule is CCn1cnc2c1CCN(C(=O)C1(O)CCCC(C)(C)C1)C2. The van der Waals surface area contributed by atoms with Crippen LogP contribution in [0.4, 0.5) is 0 Å². The molecule has 0 aromatic carbocycles. The van der Waals surface area contributed by atoms with Crippen molar-refractivity contribution < 1.29 is 9.90 Å². The van der Waals surface area contributed by atoms with E-state index in [1.165, 1.54) is 5.69 Å². The highest BCUT2D eigenvalue weighted by Gasteiger charge is 2.46. The van der Waals surface area contributed by atoms with Gasteiger partial charge in [-0.1, -0.05) is 13.8 Å². The fourth-order valence-corrected chi connectivity index (χ4v) is 4.12. The molecule has 1 aliphatic heterocycles. The van der Waals surface area contributed by atoms with Crippen LogP contribution in [0.5, 0.6) is 0 Å². The second kappa shape index (κ2) is 5.37. The Morgan fingerprint density at radius 1 is 1.41 bits per heavy atom. The van der Waals surface area contributed by atoms with E-state index in [0.29, 0.717) is 25.9 Å². The van der Waals surface area contributed by atoms with Crippen molar-refractivity contribution in [3.05, 3.63) is 17.7 Å². The van der Waals surface area contributed by atoms with Crippen LogP contribution >= 0.6 is 0 Å². The lowest BCUT2D eigenvalue weighted by molar-refractivity contribution is -0.160. The molecule has 1 aromatic heterocycles. The molecule has 2 heterocycles. The summed E-state index contributed by atoms with van der Waals surface area (Å²) in [4.78, 5) is 19.1. The van der Waals surface area contributed by atoms with Gasteiger partial charge in [-0.25, -0.2) is 4.98 Å². The lowest BCUT2D eigenvalue weighted by Crippen LogP contribution is -2.54. The Hall–Kier alpha value is -1.36. The van der Waals surface area contributed by atoms with Crippen LogP contribution in [0.3, 0.4) is 0 Å². The number of aromatic nitrogens is 2. The van der Waals surface area contributed by atoms with Gasteiger partial charge in [0.15, 0.2) is 0 Å². The van der Waals surface area contributed by atoms with Crippen LogP contribution in [0.2, 0.25) is 0 Å². The first-order valence-electron chi connectivity index (χ1n) is 8.39. The summed E-state index contributed by atoms with van der Waals surface area (Å²) >= 11 is 0. The molecule has 1 fully saturated rings. The summed E-state index contributed by atoms with van der Waals surface area (Å²) in [5.74, 6) is -0.100. The molecule has 0 saturated heterocycles. The maximum Gasteiger partial charge on any atom is 0.254 e. The van der Waals surface area contributed by atoms with Gasteiger partial charge >= 0.3 is 0 Å². The second-order valence-corrected chi connectivity index (χ2v) is 7.63. The monoisotopic (exact) mass is 305 g/mol. The molecule has 1 N–H and O–H groups in total. The largest absolute Gasteiger partial charge is 0.380 e. The molecule has 122 valence electrons. The Kier molecular flexibility index (Phi) is 3.79. The Bertz CT molecular complexity index is 578. The van der Waals surface area contributed by atoms with Gasteiger partial charge in [0, 0.05) is 25.2 Å². The lowest BCUT2D eigenvalue weighted by Gasteiger charge is -2.43. The Morgan fingerprint density at radius 3 is 2.86 bits per heavy atom. The van der Waals surface area contributed by atoms with Gasteiger partial charge in [-0.3, -0.25) is 4.79 Å². The third-order valence-electron chi connectivity index (χ3n) is 5.23. The fraction of sp³-hybridized carbons (Fsp3) is 0.765. The standard InChI is InChI=1S/C17H27N3O2/c1-4-19-12-18-13-10-20(9-6-14(13)19)15(21)17(22)8-5-7-16(2,3)11-17/h12,22H,4-11H2,1-3H3. The average molecular weight is 305 g/mol. The molecular weight excluding hydrogens is 278 g/mol. The molecule has 5 heteroatoms. The maximum absolute atomic E-state index is 12.9. The van der Waals surface area contributed by atoms with Crippen molar-refractivity contribution >= 4 is 5.91 Å². The van der Waals surface area contributed by atoms with Crippen LogP contribution in [0.1, 0.15) is 57.8 Å². The van der Waals surface area contributed by atoms with Crippen LogP contribution in [0.15, 0.2) is 6.33 Å². The number of rotatable bonds is 2. The van der Waals surface area contributed by atoms with E-state index in [9.17, 15) is 9.90 Å². The highest BCUT2D eigenvalue weighted by Crippen LogP contribution is 2.42. The summed E-state index contributed by atoms with van der Waals surface area (Å²) in [6.07, 6.45) is 5.82. The van der Waals surface area contributed by atoms with E-state index in [0.717, 1.165) is 31.5 Å². The highest BCUT2D eigenvalue weighted by molar-refractivity contribution is 5.85. The van der Waals surface area contributed by atoms with Gasteiger partial charge in [-0.05, 0) is 38.0 Å². The van der Waals surface area contributed by atoms with Crippen molar-refractivity contribution in [1.82, 2.24) is 14.5 Å². The molecular formula is C17H27N3O2. The van der Waals surface area contributed by atoms with E-state index in [1.54, 1.807) is 4.90 Å². The van der Waals surface area contributed by atoms with E-state index in [2.05, 4.69) is 30.3 Å². The van der Waals surface area contributed by atoms with Gasteiger partial charge in [-0.2, -0.15) is 0 Å². The van der Waals surface area contributed by atoms with Crippen molar-refractivity contribution in [3.8, 4) is 0 Å². The number of amides is 1. The topological polar surface area (TPSA) is 58.4 Å². The second-order valence-electron chi connectivity index (χ2n) is 7.63. The number of nitrogens with zero attached hydrogens (tertiary/aromatic N) is 3. The number of carbonyl (C=O) groups excluding carboxylic acids is 1. The minimum atomic E-state index is -1.19. The molecule has 1 aromatic rings. The van der Waals surface area contributed by atoms with E-state index in [-0.39, 0.29) is 11.3 Å². The number of hydrogen-bond donors (Lipinski definition) is 1. The number of imidazole rings is 1. The molecule has 1 amide bonds. The molecule has 1 saturated carbocycles. The predicted octanol–water partition coefficient (Wildman–Crippen LogP) is 2.12. The summed E-state index contributed by atoms with van der Waals surface area (Å²) in [6.45, 7) is 8.51. The van der Waals surface area contributed by atoms with Gasteiger partial charge < -0.3 is 14.6 Å². The summed E-state index contributed by atoms with van der Waals surface area (Å²) in [5.41, 5.74) is 1.07. The van der Waals surface area contributed by atoms with E-state index in [1.807, 2.05) is 6.33 Å². The first kappa shape index (κ1) is 15.5. The van der Waals surface area contributed by atoms with Crippen molar-refractivity contribution in [2.24, 2.45) is 5.41 Å². The van der Waals surface area contributed by atoms with Crippen LogP contribution in [0.25, 0.3) is 0 Å². The zero-order valence-corrected chi connectivity index (χ0v) is 13.9. The summed E-state index contributed by atoms with van der Waals surface area (Å²) < 4.78 is 2.15. The lowest BCUT2D eigenvalue weighted by atomic mass is 9.69. The zero-order valence-electron chi connectivity index (χ0n) is 13.9. The van der Waals surface area contributed by atoms with Crippen LogP contribution in [0, 0.1) is 5.41 Å². The molecule has 22 heavy (non-hydrogen) atoms. The number of aryl methyl sites for hydroxylation is 1. The zero-order chi connectivity index (χ0) is 16.0. The summed E-state index contributed by atoms with van der Waals surface area (Å²) in [6, 6.07) is 0. The average Bonchev–Trinajstić information content (AvgIpc) is 2.87. The van der Waals surface area contributed by atoms with Crippen molar-refractivity contribution in [2.45, 2.75) is 71.6 Å². The molecule has 3 rings (SSSR count). The number of carbonyl (C=O) groups is 1. The summed E-state index contributed by atoms with van der Waals surface area (Å²) in [5, 5.41) is 10.9. The van der Waals surface area contributed by atoms with Gasteiger partial charge in [0.2, 0.25) is 0 Å². The minimum Gasteiger partial charge on any atom is -0.380 e. The van der Waals surface area contributed by atoms with Gasteiger partial charge in [0.05, 0.1) is 18.6 Å². The molecule has 2 aliphatic rings. The van der Waals surface area contributed by atoms with Crippen LogP contribution in [-0.4, -0.2) is 37.6 Å². The normalized spacial score (nSPS) is 27.5. The molecule has 1 aliphatic carbocycles. The Labute approximate surface area is 132 Å². The van der Waals surface area contributed by atoms with Crippen LogP contribution in [-0.2, 0) is 24.3 Å². The first-order valence-corrected chi connectivity index (χ1v) is 8.39. The quantitative estimate of drug-likeness (QED) is 0.910. The number of fused-ring (bicyclic) bond motifs is 1. The molecule has 0 spiro atoms. The smallest absolute Gasteiger partial charge is 0.254 e. The highest BCUT2D eigenvalue weighted by atomic mass is 16.3. The van der Waals surface area contributed by atoms with Gasteiger partial charge in [0.1, 0.15) is 5.60 Å². The molecule has 1 atom stereocenters. The minimum absolute atomic E-state index is 0.0351. The summed E-state index contributed by atoms with van der Waals surface area (Å²) in [7, 11) is 0. The Morgan fingerprint density at radius 2 is 2.18 bits per heavy atom. The molecule has 1 unspecified atom stereocenters. The third kappa shape index (κ3) is 2.67. The van der Waals surface area contributed by atoms with Crippen LogP contribution < -0.4 is 0 Å². The number of aliphatic hydroxyl groups is 1. The number of hydrogen-bond acceptors (Lipinski definition) is 3. The van der Waals surface area contributed by atoms with Crippen molar-refractivity contribution in [3.63, 3.8) is 0 Å². The van der Waals surface area contributed by atoms with Gasteiger partial charge in [0.25, 0.3) is 5.91 Å². The Balaban J connectivity index is 1.76. The van der Waals surface area contributed by atoms with Crippen molar-refractivity contribution in [2.75, 3.05) is 6.54 Å². The predicted molar refractivity (Wildman–Crippen MR) is 84.2 cm³/mol. The molecule has 0 radical (unpaired) electrons. The van der Waals surface area contributed by atoms with Crippen molar-refractivity contribution in [1.29, 1.82) is 0 Å². The van der Waals surface area contributed by atoms with E-state index < -0.39 is 5.60 Å². The molecule has 5 nitrogen and oxygen atoms in total. The third-order valence-corrected chi connectivity index (χ3v) is 5.23. The maximum atomic E-state index is 12.9. The van der Waals surface area contributed by atoms with Gasteiger partial charge in [-0.15, -0.1) is 0 Å². The molecule has 0 bridgehead atoms. The van der Waals surface area contributed by atoms with E-state index in [4.69, 9.17) is 0 Å². The van der Waals surface area contributed by atoms with E-state index >= 15 is 0 Å².